The van der Waals surface area contributed by atoms with Crippen molar-refractivity contribution in [3.63, 3.8) is 0 Å². The molecule has 5 nitrogen and oxygen atoms in total. The number of halogens is 1. The fraction of sp³-hybridized carbons (Fsp3) is 0.381. The molecule has 0 heterocycles. The Morgan fingerprint density at radius 2 is 1.79 bits per heavy atom. The monoisotopic (exact) mass is 404 g/mol. The second-order valence-corrected chi connectivity index (χ2v) is 9.10. The minimum Gasteiger partial charge on any atom is -0.325 e. The van der Waals surface area contributed by atoms with Crippen molar-refractivity contribution in [1.82, 2.24) is 4.31 Å². The molecule has 1 N–H and O–H groups in total. The molecule has 3 rings (SSSR count). The highest BCUT2D eigenvalue weighted by molar-refractivity contribution is 7.89. The van der Waals surface area contributed by atoms with Crippen LogP contribution in [0, 0.1) is 12.7 Å². The van der Waals surface area contributed by atoms with E-state index in [0.29, 0.717) is 5.69 Å². The molecule has 2 aromatic rings. The fourth-order valence-corrected chi connectivity index (χ4v) is 5.23. The van der Waals surface area contributed by atoms with Crippen molar-refractivity contribution in [2.75, 3.05) is 11.9 Å². The number of sulfonamides is 1. The van der Waals surface area contributed by atoms with Crippen LogP contribution < -0.4 is 5.32 Å². The van der Waals surface area contributed by atoms with E-state index in [1.54, 1.807) is 6.07 Å². The van der Waals surface area contributed by atoms with E-state index in [0.717, 1.165) is 49.8 Å². The quantitative estimate of drug-likeness (QED) is 0.788. The molecule has 0 saturated heterocycles. The summed E-state index contributed by atoms with van der Waals surface area (Å²) in [5, 5.41) is 2.78. The van der Waals surface area contributed by atoms with Crippen molar-refractivity contribution in [2.24, 2.45) is 0 Å². The number of benzene rings is 2. The van der Waals surface area contributed by atoms with Crippen molar-refractivity contribution < 1.29 is 17.6 Å². The second-order valence-electron chi connectivity index (χ2n) is 7.21. The summed E-state index contributed by atoms with van der Waals surface area (Å²) in [5.41, 5.74) is 1.63. The number of anilines is 1. The van der Waals surface area contributed by atoms with Crippen LogP contribution in [-0.4, -0.2) is 31.2 Å². The fourth-order valence-electron chi connectivity index (χ4n) is 3.59. The molecule has 1 aliphatic carbocycles. The Balaban J connectivity index is 1.84. The molecule has 0 radical (unpaired) electrons. The Labute approximate surface area is 165 Å². The molecule has 0 aliphatic heterocycles. The highest BCUT2D eigenvalue weighted by Crippen LogP contribution is 2.28. The molecule has 0 aromatic heterocycles. The van der Waals surface area contributed by atoms with Gasteiger partial charge < -0.3 is 5.32 Å². The summed E-state index contributed by atoms with van der Waals surface area (Å²) in [5.74, 6) is -0.887. The zero-order valence-corrected chi connectivity index (χ0v) is 16.7. The zero-order valence-electron chi connectivity index (χ0n) is 15.9. The first-order valence-electron chi connectivity index (χ1n) is 9.50. The molecular weight excluding hydrogens is 379 g/mol. The molecule has 0 unspecified atom stereocenters. The van der Waals surface area contributed by atoms with Gasteiger partial charge in [-0.2, -0.15) is 4.31 Å². The van der Waals surface area contributed by atoms with Gasteiger partial charge in [-0.3, -0.25) is 4.79 Å². The van der Waals surface area contributed by atoms with E-state index in [1.165, 1.54) is 16.4 Å². The lowest BCUT2D eigenvalue weighted by Gasteiger charge is -2.33. The van der Waals surface area contributed by atoms with Gasteiger partial charge in [0.15, 0.2) is 0 Å². The zero-order chi connectivity index (χ0) is 20.1. The first-order valence-corrected chi connectivity index (χ1v) is 10.9. The third-order valence-electron chi connectivity index (χ3n) is 5.00. The Morgan fingerprint density at radius 3 is 2.43 bits per heavy atom. The molecule has 1 saturated carbocycles. The van der Waals surface area contributed by atoms with Gasteiger partial charge >= 0.3 is 0 Å². The summed E-state index contributed by atoms with van der Waals surface area (Å²) < 4.78 is 40.9. The number of rotatable bonds is 6. The summed E-state index contributed by atoms with van der Waals surface area (Å²) in [4.78, 5) is 12.6. The molecular formula is C21H25FN2O3S. The standard InChI is InChI=1S/C21H25FN2O3S/c1-16-6-5-7-18(14-16)23-21(25)15-24(19-8-3-2-4-9-19)28(26,27)20-12-10-17(22)11-13-20/h5-7,10-14,19H,2-4,8-9,15H2,1H3,(H,23,25). The molecule has 0 bridgehead atoms. The van der Waals surface area contributed by atoms with E-state index in [1.807, 2.05) is 25.1 Å². The Hall–Kier alpha value is -2.25. The Kier molecular flexibility index (Phi) is 6.46. The second kappa shape index (κ2) is 8.84. The van der Waals surface area contributed by atoms with E-state index in [2.05, 4.69) is 5.32 Å². The van der Waals surface area contributed by atoms with Crippen LogP contribution in [-0.2, 0) is 14.8 Å². The summed E-state index contributed by atoms with van der Waals surface area (Å²) in [6.07, 6.45) is 4.37. The van der Waals surface area contributed by atoms with Gasteiger partial charge in [0.25, 0.3) is 0 Å². The van der Waals surface area contributed by atoms with Crippen LogP contribution in [0.3, 0.4) is 0 Å². The van der Waals surface area contributed by atoms with Crippen LogP contribution in [0.4, 0.5) is 10.1 Å². The largest absolute Gasteiger partial charge is 0.325 e. The number of hydrogen-bond donors (Lipinski definition) is 1. The van der Waals surface area contributed by atoms with Gasteiger partial charge in [0.2, 0.25) is 15.9 Å². The van der Waals surface area contributed by atoms with Gasteiger partial charge in [-0.15, -0.1) is 0 Å². The van der Waals surface area contributed by atoms with Gasteiger partial charge in [0.1, 0.15) is 5.82 Å². The molecule has 1 fully saturated rings. The highest BCUT2D eigenvalue weighted by Gasteiger charge is 2.34. The summed E-state index contributed by atoms with van der Waals surface area (Å²) in [6, 6.07) is 11.9. The number of aryl methyl sites for hydroxylation is 1. The minimum absolute atomic E-state index is 0.00262. The van der Waals surface area contributed by atoms with E-state index in [4.69, 9.17) is 0 Å². The van der Waals surface area contributed by atoms with E-state index < -0.39 is 15.8 Å². The molecule has 150 valence electrons. The van der Waals surface area contributed by atoms with Crippen LogP contribution in [0.5, 0.6) is 0 Å². The van der Waals surface area contributed by atoms with Gasteiger partial charge in [0.05, 0.1) is 11.4 Å². The maximum absolute atomic E-state index is 13.2. The minimum atomic E-state index is -3.91. The third kappa shape index (κ3) is 4.97. The maximum Gasteiger partial charge on any atom is 0.243 e. The smallest absolute Gasteiger partial charge is 0.243 e. The lowest BCUT2D eigenvalue weighted by atomic mass is 9.95. The van der Waals surface area contributed by atoms with E-state index >= 15 is 0 Å². The average Bonchev–Trinajstić information content (AvgIpc) is 2.67. The number of nitrogens with one attached hydrogen (secondary N) is 1. The molecule has 2 aromatic carbocycles. The van der Waals surface area contributed by atoms with Crippen LogP contribution >= 0.6 is 0 Å². The number of hydrogen-bond acceptors (Lipinski definition) is 3. The highest BCUT2D eigenvalue weighted by atomic mass is 32.2. The summed E-state index contributed by atoms with van der Waals surface area (Å²) in [6.45, 7) is 1.65. The summed E-state index contributed by atoms with van der Waals surface area (Å²) >= 11 is 0. The molecule has 7 heteroatoms. The normalized spacial score (nSPS) is 15.5. The van der Waals surface area contributed by atoms with E-state index in [9.17, 15) is 17.6 Å². The molecule has 28 heavy (non-hydrogen) atoms. The van der Waals surface area contributed by atoms with Crippen molar-refractivity contribution in [3.05, 3.63) is 59.9 Å². The van der Waals surface area contributed by atoms with Gasteiger partial charge in [-0.1, -0.05) is 31.4 Å². The van der Waals surface area contributed by atoms with Crippen molar-refractivity contribution in [3.8, 4) is 0 Å². The van der Waals surface area contributed by atoms with Crippen LogP contribution in [0.25, 0.3) is 0 Å². The molecule has 0 spiro atoms. The van der Waals surface area contributed by atoms with Gasteiger partial charge in [-0.05, 0) is 61.7 Å². The van der Waals surface area contributed by atoms with Crippen molar-refractivity contribution >= 4 is 21.6 Å². The summed E-state index contributed by atoms with van der Waals surface area (Å²) in [7, 11) is -3.91. The topological polar surface area (TPSA) is 66.5 Å². The third-order valence-corrected chi connectivity index (χ3v) is 6.92. The Morgan fingerprint density at radius 1 is 1.11 bits per heavy atom. The van der Waals surface area contributed by atoms with Crippen LogP contribution in [0.15, 0.2) is 53.4 Å². The van der Waals surface area contributed by atoms with E-state index in [-0.39, 0.29) is 23.4 Å². The molecule has 1 aliphatic rings. The maximum atomic E-state index is 13.2. The average molecular weight is 405 g/mol. The Bertz CT molecular complexity index is 923. The SMILES string of the molecule is Cc1cccc(NC(=O)CN(C2CCCCC2)S(=O)(=O)c2ccc(F)cc2)c1. The first kappa shape index (κ1) is 20.5. The van der Waals surface area contributed by atoms with Gasteiger partial charge in [-0.25, -0.2) is 12.8 Å². The molecule has 1 amide bonds. The van der Waals surface area contributed by atoms with Crippen LogP contribution in [0.2, 0.25) is 0 Å². The number of carbonyl (C=O) groups is 1. The number of amides is 1. The van der Waals surface area contributed by atoms with Crippen LogP contribution in [0.1, 0.15) is 37.7 Å². The van der Waals surface area contributed by atoms with Crippen molar-refractivity contribution in [1.29, 1.82) is 0 Å². The predicted molar refractivity (Wildman–Crippen MR) is 107 cm³/mol. The van der Waals surface area contributed by atoms with Crippen molar-refractivity contribution in [2.45, 2.75) is 50.0 Å². The number of nitrogens with zero attached hydrogens (tertiary/aromatic N) is 1. The van der Waals surface area contributed by atoms with Gasteiger partial charge in [0, 0.05) is 11.7 Å². The lowest BCUT2D eigenvalue weighted by Crippen LogP contribution is -2.45. The number of carbonyl (C=O) groups excluding carboxylic acids is 1. The first-order chi connectivity index (χ1) is 13.4. The predicted octanol–water partition coefficient (Wildman–Crippen LogP) is 4.10. The molecule has 0 atom stereocenters. The lowest BCUT2D eigenvalue weighted by molar-refractivity contribution is -0.116.